The van der Waals surface area contributed by atoms with Crippen LogP contribution in [0.2, 0.25) is 0 Å². The van der Waals surface area contributed by atoms with Crippen LogP contribution in [-0.4, -0.2) is 34.6 Å². The van der Waals surface area contributed by atoms with E-state index in [9.17, 15) is 9.59 Å². The summed E-state index contributed by atoms with van der Waals surface area (Å²) in [5.74, 6) is 1.07. The van der Waals surface area contributed by atoms with Crippen LogP contribution in [0, 0.1) is 13.8 Å². The molecular weight excluding hydrogens is 404 g/mol. The van der Waals surface area contributed by atoms with E-state index in [-0.39, 0.29) is 17.9 Å². The lowest BCUT2D eigenvalue weighted by atomic mass is 10.1. The average molecular weight is 441 g/mol. The minimum absolute atomic E-state index is 0.00492. The predicted molar refractivity (Wildman–Crippen MR) is 131 cm³/mol. The minimum atomic E-state index is -0.471. The maximum atomic E-state index is 13.3. The first-order chi connectivity index (χ1) is 14.8. The molecule has 31 heavy (non-hydrogen) atoms. The van der Waals surface area contributed by atoms with E-state index in [1.165, 1.54) is 11.1 Å². The highest BCUT2D eigenvalue weighted by atomic mass is 32.2. The quantitative estimate of drug-likeness (QED) is 0.519. The van der Waals surface area contributed by atoms with Crippen molar-refractivity contribution in [3.8, 4) is 0 Å². The summed E-state index contributed by atoms with van der Waals surface area (Å²) < 4.78 is 0. The lowest BCUT2D eigenvalue weighted by molar-refractivity contribution is -0.139. The maximum Gasteiger partial charge on any atom is 0.243 e. The molecule has 0 radical (unpaired) electrons. The molecule has 0 heterocycles. The Morgan fingerprint density at radius 3 is 2.16 bits per heavy atom. The van der Waals surface area contributed by atoms with Gasteiger partial charge in [-0.25, -0.2) is 0 Å². The van der Waals surface area contributed by atoms with Gasteiger partial charge in [0.25, 0.3) is 0 Å². The molecule has 168 valence electrons. The van der Waals surface area contributed by atoms with Crippen molar-refractivity contribution in [2.24, 2.45) is 0 Å². The molecule has 1 N–H and O–H groups in total. The fraction of sp³-hybridized carbons (Fsp3) is 0.462. The van der Waals surface area contributed by atoms with Gasteiger partial charge >= 0.3 is 0 Å². The van der Waals surface area contributed by atoms with Crippen molar-refractivity contribution in [3.63, 3.8) is 0 Å². The number of carbonyl (C=O) groups is 2. The van der Waals surface area contributed by atoms with Crippen LogP contribution in [0.25, 0.3) is 0 Å². The molecule has 0 saturated heterocycles. The van der Waals surface area contributed by atoms with E-state index < -0.39 is 6.04 Å². The number of carbonyl (C=O) groups excluding carboxylic acids is 2. The summed E-state index contributed by atoms with van der Waals surface area (Å²) in [6, 6.07) is 16.1. The molecule has 0 aliphatic heterocycles. The molecule has 5 heteroatoms. The van der Waals surface area contributed by atoms with Crippen LogP contribution >= 0.6 is 11.8 Å². The van der Waals surface area contributed by atoms with Crippen molar-refractivity contribution in [3.05, 3.63) is 70.8 Å². The second-order valence-corrected chi connectivity index (χ2v) is 9.22. The Bertz CT molecular complexity index is 868. The normalized spacial score (nSPS) is 12.8. The van der Waals surface area contributed by atoms with Crippen molar-refractivity contribution < 1.29 is 9.59 Å². The molecule has 2 amide bonds. The number of aryl methyl sites for hydroxylation is 2. The van der Waals surface area contributed by atoms with Gasteiger partial charge in [-0.1, -0.05) is 73.5 Å². The number of nitrogens with zero attached hydrogens (tertiary/aromatic N) is 1. The van der Waals surface area contributed by atoms with Gasteiger partial charge in [0, 0.05) is 18.3 Å². The van der Waals surface area contributed by atoms with Crippen LogP contribution in [0.15, 0.2) is 48.5 Å². The Labute approximate surface area is 191 Å². The first-order valence-electron chi connectivity index (χ1n) is 11.1. The summed E-state index contributed by atoms with van der Waals surface area (Å²) in [4.78, 5) is 28.0. The molecule has 0 fully saturated rings. The summed E-state index contributed by atoms with van der Waals surface area (Å²) in [5.41, 5.74) is 4.63. The molecule has 0 saturated carbocycles. The Hall–Kier alpha value is -2.27. The summed E-state index contributed by atoms with van der Waals surface area (Å²) in [6.45, 7) is 10.6. The zero-order valence-corrected chi connectivity index (χ0v) is 20.3. The van der Waals surface area contributed by atoms with E-state index >= 15 is 0 Å². The summed E-state index contributed by atoms with van der Waals surface area (Å²) in [7, 11) is 0. The lowest BCUT2D eigenvalue weighted by Gasteiger charge is -2.31. The third kappa shape index (κ3) is 8.06. The fourth-order valence-electron chi connectivity index (χ4n) is 3.51. The minimum Gasteiger partial charge on any atom is -0.352 e. The Morgan fingerprint density at radius 1 is 0.968 bits per heavy atom. The highest BCUT2D eigenvalue weighted by Crippen LogP contribution is 2.18. The van der Waals surface area contributed by atoms with Gasteiger partial charge in [0.15, 0.2) is 0 Å². The largest absolute Gasteiger partial charge is 0.352 e. The molecule has 2 unspecified atom stereocenters. The standard InChI is InChI=1S/C26H36N2O2S/c1-6-21(5)27-26(30)24(7-2)28(16-22-12-8-10-19(3)14-22)25(29)18-31-17-23-13-9-11-20(4)15-23/h8-15,21,24H,6-7,16-18H2,1-5H3,(H,27,30). The number of nitrogens with one attached hydrogen (secondary N) is 1. The summed E-state index contributed by atoms with van der Waals surface area (Å²) in [5, 5.41) is 3.06. The highest BCUT2D eigenvalue weighted by molar-refractivity contribution is 7.99. The van der Waals surface area contributed by atoms with Crippen molar-refractivity contribution in [2.45, 2.75) is 71.8 Å². The molecule has 2 rings (SSSR count). The van der Waals surface area contributed by atoms with Crippen LogP contribution in [0.5, 0.6) is 0 Å². The van der Waals surface area contributed by atoms with Crippen molar-refractivity contribution in [1.29, 1.82) is 0 Å². The van der Waals surface area contributed by atoms with Crippen LogP contribution in [0.4, 0.5) is 0 Å². The summed E-state index contributed by atoms with van der Waals surface area (Å²) in [6.07, 6.45) is 1.45. The number of amides is 2. The lowest BCUT2D eigenvalue weighted by Crippen LogP contribution is -2.51. The zero-order chi connectivity index (χ0) is 22.8. The van der Waals surface area contributed by atoms with E-state index in [4.69, 9.17) is 0 Å². The Kier molecular flexibility index (Phi) is 10.1. The monoisotopic (exact) mass is 440 g/mol. The van der Waals surface area contributed by atoms with Crippen LogP contribution in [-0.2, 0) is 21.9 Å². The van der Waals surface area contributed by atoms with Gasteiger partial charge in [-0.15, -0.1) is 11.8 Å². The Morgan fingerprint density at radius 2 is 1.58 bits per heavy atom. The van der Waals surface area contributed by atoms with Gasteiger partial charge in [0.05, 0.1) is 5.75 Å². The average Bonchev–Trinajstić information content (AvgIpc) is 2.73. The van der Waals surface area contributed by atoms with Gasteiger partial charge in [-0.3, -0.25) is 9.59 Å². The second kappa shape index (κ2) is 12.6. The predicted octanol–water partition coefficient (Wildman–Crippen LogP) is 5.26. The number of benzene rings is 2. The SMILES string of the molecule is CCC(C)NC(=O)C(CC)N(Cc1cccc(C)c1)C(=O)CSCc1cccc(C)c1. The molecule has 2 aromatic rings. The molecule has 2 aromatic carbocycles. The van der Waals surface area contributed by atoms with Crippen molar-refractivity contribution >= 4 is 23.6 Å². The van der Waals surface area contributed by atoms with E-state index in [2.05, 4.69) is 36.5 Å². The van der Waals surface area contributed by atoms with Gasteiger partial charge in [0.1, 0.15) is 6.04 Å². The molecule has 2 atom stereocenters. The molecule has 0 aromatic heterocycles. The van der Waals surface area contributed by atoms with E-state index in [0.717, 1.165) is 23.3 Å². The molecule has 0 aliphatic carbocycles. The number of rotatable bonds is 11. The topological polar surface area (TPSA) is 49.4 Å². The first-order valence-corrected chi connectivity index (χ1v) is 12.3. The van der Waals surface area contributed by atoms with Gasteiger partial charge in [0.2, 0.25) is 11.8 Å². The van der Waals surface area contributed by atoms with Crippen molar-refractivity contribution in [2.75, 3.05) is 5.75 Å². The van der Waals surface area contributed by atoms with Crippen LogP contribution in [0.1, 0.15) is 55.9 Å². The van der Waals surface area contributed by atoms with Gasteiger partial charge in [-0.05, 0) is 44.7 Å². The highest BCUT2D eigenvalue weighted by Gasteiger charge is 2.29. The maximum absolute atomic E-state index is 13.3. The van der Waals surface area contributed by atoms with Crippen LogP contribution < -0.4 is 5.32 Å². The second-order valence-electron chi connectivity index (χ2n) is 8.23. The number of hydrogen-bond donors (Lipinski definition) is 1. The van der Waals surface area contributed by atoms with E-state index in [0.29, 0.717) is 18.7 Å². The van der Waals surface area contributed by atoms with E-state index in [1.54, 1.807) is 16.7 Å². The zero-order valence-electron chi connectivity index (χ0n) is 19.5. The van der Waals surface area contributed by atoms with Gasteiger partial charge in [-0.2, -0.15) is 0 Å². The Balaban J connectivity index is 2.14. The van der Waals surface area contributed by atoms with Gasteiger partial charge < -0.3 is 10.2 Å². The molecule has 0 bridgehead atoms. The fourth-order valence-corrected chi connectivity index (χ4v) is 4.37. The molecule has 0 spiro atoms. The third-order valence-electron chi connectivity index (χ3n) is 5.40. The van der Waals surface area contributed by atoms with Crippen LogP contribution in [0.3, 0.4) is 0 Å². The molecule has 4 nitrogen and oxygen atoms in total. The number of thioether (sulfide) groups is 1. The summed E-state index contributed by atoms with van der Waals surface area (Å²) >= 11 is 1.60. The van der Waals surface area contributed by atoms with Crippen molar-refractivity contribution in [1.82, 2.24) is 10.2 Å². The smallest absolute Gasteiger partial charge is 0.243 e. The number of hydrogen-bond acceptors (Lipinski definition) is 3. The molecule has 0 aliphatic rings. The first kappa shape index (κ1) is 25.0. The molecular formula is C26H36N2O2S. The third-order valence-corrected chi connectivity index (χ3v) is 6.39. The van der Waals surface area contributed by atoms with E-state index in [1.807, 2.05) is 52.0 Å².